The van der Waals surface area contributed by atoms with E-state index in [1.807, 2.05) is 6.07 Å². The molecule has 0 spiro atoms. The van der Waals surface area contributed by atoms with Crippen LogP contribution in [0.1, 0.15) is 0 Å². The Morgan fingerprint density at radius 1 is 0.469 bits per heavy atom. The summed E-state index contributed by atoms with van der Waals surface area (Å²) in [5, 5.41) is 1.19. The minimum absolute atomic E-state index is 1.19. The Labute approximate surface area is 186 Å². The molecule has 0 bridgehead atoms. The number of rotatable bonds is 7. The van der Waals surface area contributed by atoms with Crippen molar-refractivity contribution in [3.05, 3.63) is 30.3 Å². The van der Waals surface area contributed by atoms with Crippen LogP contribution >= 0.6 is 0 Å². The SMILES string of the molecule is C[Si](C)(C)O[Si](C)(C)O[Si](C)(O[Si](C)(C)C)c1ccccc1.FF.FF.FF.FF.FF. The van der Waals surface area contributed by atoms with Crippen molar-refractivity contribution < 1.29 is 58.1 Å². The Bertz CT molecular complexity index is 508. The van der Waals surface area contributed by atoms with Gasteiger partial charge in [0, 0.05) is 45.7 Å². The van der Waals surface area contributed by atoms with Gasteiger partial charge in [-0.1, -0.05) is 30.3 Å². The van der Waals surface area contributed by atoms with Crippen molar-refractivity contribution in [2.24, 2.45) is 0 Å². The lowest BCUT2D eigenvalue weighted by Crippen LogP contribution is -2.62. The van der Waals surface area contributed by atoms with Gasteiger partial charge in [-0.15, -0.1) is 0 Å². The molecule has 0 amide bonds. The van der Waals surface area contributed by atoms with Gasteiger partial charge in [0.25, 0.3) is 0 Å². The molecule has 1 unspecified atom stereocenters. The van der Waals surface area contributed by atoms with E-state index in [9.17, 15) is 0 Å². The van der Waals surface area contributed by atoms with Crippen molar-refractivity contribution in [3.8, 4) is 0 Å². The van der Waals surface area contributed by atoms with E-state index in [0.717, 1.165) is 0 Å². The Morgan fingerprint density at radius 2 is 0.781 bits per heavy atom. The fraction of sp³-hybridized carbons (Fsp3) is 0.600. The first kappa shape index (κ1) is 41.5. The average molecular weight is 563 g/mol. The third kappa shape index (κ3) is 23.9. The van der Waals surface area contributed by atoms with E-state index >= 15 is 0 Å². The van der Waals surface area contributed by atoms with Gasteiger partial charge in [-0.25, -0.2) is 0 Å². The highest BCUT2D eigenvalue weighted by Crippen LogP contribution is 2.24. The first-order chi connectivity index (χ1) is 14.7. The van der Waals surface area contributed by atoms with Gasteiger partial charge in [0.15, 0.2) is 16.6 Å². The van der Waals surface area contributed by atoms with Crippen molar-refractivity contribution in [2.45, 2.75) is 58.9 Å². The molecule has 0 aliphatic carbocycles. The molecule has 1 rings (SSSR count). The Morgan fingerprint density at radius 3 is 1.06 bits per heavy atom. The summed E-state index contributed by atoms with van der Waals surface area (Å²) in [5.74, 6) is 0. The molecule has 1 aromatic rings. The zero-order valence-corrected chi connectivity index (χ0v) is 23.4. The largest absolute Gasteiger partial charge is 0.437 e. The molecule has 3 nitrogen and oxygen atoms in total. The van der Waals surface area contributed by atoms with Crippen LogP contribution in [-0.4, -0.2) is 33.8 Å². The summed E-state index contributed by atoms with van der Waals surface area (Å²) < 4.78 is 99.6. The number of benzene rings is 1. The molecular weight excluding hydrogens is 530 g/mol. The smallest absolute Gasteiger partial charge is 0.350 e. The van der Waals surface area contributed by atoms with E-state index in [1.165, 1.54) is 5.19 Å². The zero-order valence-electron chi connectivity index (χ0n) is 19.4. The molecule has 0 saturated carbocycles. The van der Waals surface area contributed by atoms with Crippen LogP contribution in [-0.2, 0) is 12.3 Å². The molecular formula is C15H32F10O3Si4. The topological polar surface area (TPSA) is 27.7 Å². The van der Waals surface area contributed by atoms with Crippen molar-refractivity contribution in [1.82, 2.24) is 0 Å². The van der Waals surface area contributed by atoms with Crippen LogP contribution in [0.4, 0.5) is 45.7 Å². The molecule has 32 heavy (non-hydrogen) atoms. The maximum atomic E-state index is 8.00. The van der Waals surface area contributed by atoms with Crippen LogP contribution in [0.15, 0.2) is 30.3 Å². The Kier molecular flexibility index (Phi) is 28.6. The van der Waals surface area contributed by atoms with Crippen LogP contribution in [0.5, 0.6) is 0 Å². The molecule has 0 N–H and O–H groups in total. The highest BCUT2D eigenvalue weighted by atomic mass is 28.5. The first-order valence-electron chi connectivity index (χ1n) is 8.60. The second-order valence-electron chi connectivity index (χ2n) is 8.24. The van der Waals surface area contributed by atoms with Crippen LogP contribution in [0.25, 0.3) is 0 Å². The summed E-state index contributed by atoms with van der Waals surface area (Å²) in [4.78, 5) is 0. The summed E-state index contributed by atoms with van der Waals surface area (Å²) in [7, 11) is -8.07. The van der Waals surface area contributed by atoms with Crippen molar-refractivity contribution in [2.75, 3.05) is 0 Å². The summed E-state index contributed by atoms with van der Waals surface area (Å²) >= 11 is 0. The van der Waals surface area contributed by atoms with Gasteiger partial charge in [-0.05, 0) is 64.1 Å². The highest BCUT2D eigenvalue weighted by molar-refractivity contribution is 6.94. The van der Waals surface area contributed by atoms with Crippen LogP contribution in [0.3, 0.4) is 0 Å². The molecule has 0 radical (unpaired) electrons. The monoisotopic (exact) mass is 562 g/mol. The fourth-order valence-corrected chi connectivity index (χ4v) is 19.8. The molecule has 17 heteroatoms. The second-order valence-corrected chi connectivity index (χ2v) is 24.4. The molecule has 0 heterocycles. The molecule has 0 aliphatic heterocycles. The Balaban J connectivity index is -0.000000213. The summed E-state index contributed by atoms with van der Waals surface area (Å²) in [5.41, 5.74) is 0. The normalized spacial score (nSPS) is 12.2. The van der Waals surface area contributed by atoms with Gasteiger partial charge >= 0.3 is 17.1 Å². The van der Waals surface area contributed by atoms with Gasteiger partial charge < -0.3 is 12.3 Å². The quantitative estimate of drug-likeness (QED) is 0.246. The van der Waals surface area contributed by atoms with Crippen LogP contribution in [0, 0.1) is 0 Å². The summed E-state index contributed by atoms with van der Waals surface area (Å²) in [6.45, 7) is 19.8. The van der Waals surface area contributed by atoms with E-state index in [0.29, 0.717) is 0 Å². The standard InChI is InChI=1S/C15H32O3Si4.5F2/c1-19(2,3)16-21(7,8)18-22(9,17-20(4,5)6)15-13-11-10-12-14-15;5*1-2/h10-14H,1-9H3;;;;;. The minimum Gasteiger partial charge on any atom is -0.437 e. The maximum Gasteiger partial charge on any atom is 0.350 e. The second kappa shape index (κ2) is 22.1. The van der Waals surface area contributed by atoms with E-state index in [1.54, 1.807) is 0 Å². The lowest BCUT2D eigenvalue weighted by Gasteiger charge is -2.41. The molecule has 196 valence electrons. The average Bonchev–Trinajstić information content (AvgIpc) is 2.72. The van der Waals surface area contributed by atoms with Gasteiger partial charge in [0.1, 0.15) is 0 Å². The zero-order chi connectivity index (χ0) is 27.2. The summed E-state index contributed by atoms with van der Waals surface area (Å²) in [6, 6.07) is 10.4. The Hall–Kier alpha value is -0.732. The van der Waals surface area contributed by atoms with E-state index in [4.69, 9.17) is 58.1 Å². The molecule has 0 saturated heterocycles. The molecule has 1 aromatic carbocycles. The van der Waals surface area contributed by atoms with Crippen LogP contribution < -0.4 is 5.19 Å². The van der Waals surface area contributed by atoms with Crippen molar-refractivity contribution in [1.29, 1.82) is 0 Å². The summed E-state index contributed by atoms with van der Waals surface area (Å²) in [6.07, 6.45) is 0. The third-order valence-electron chi connectivity index (χ3n) is 2.79. The first-order valence-corrected chi connectivity index (χ1v) is 20.5. The van der Waals surface area contributed by atoms with Crippen LogP contribution in [0.2, 0.25) is 58.9 Å². The number of halogens is 10. The number of hydrogen-bond donors (Lipinski definition) is 0. The predicted octanol–water partition coefficient (Wildman–Crippen LogP) is 8.59. The maximum absolute atomic E-state index is 8.00. The van der Waals surface area contributed by atoms with Crippen molar-refractivity contribution in [3.63, 3.8) is 0 Å². The van der Waals surface area contributed by atoms with E-state index in [2.05, 4.69) is 83.2 Å². The van der Waals surface area contributed by atoms with Gasteiger partial charge in [0.2, 0.25) is 0 Å². The third-order valence-corrected chi connectivity index (χ3v) is 16.1. The minimum atomic E-state index is -2.48. The van der Waals surface area contributed by atoms with Gasteiger partial charge in [-0.3, -0.25) is 0 Å². The lowest BCUT2D eigenvalue weighted by atomic mass is 10.4. The molecule has 0 fully saturated rings. The van der Waals surface area contributed by atoms with Crippen molar-refractivity contribution >= 4 is 38.9 Å². The van der Waals surface area contributed by atoms with Gasteiger partial charge in [-0.2, -0.15) is 0 Å². The lowest BCUT2D eigenvalue weighted by molar-refractivity contribution is 0.108. The molecule has 0 aromatic heterocycles. The van der Waals surface area contributed by atoms with E-state index < -0.39 is 33.8 Å². The fourth-order valence-electron chi connectivity index (χ4n) is 2.69. The molecule has 0 aliphatic rings. The van der Waals surface area contributed by atoms with E-state index in [-0.39, 0.29) is 0 Å². The van der Waals surface area contributed by atoms with Gasteiger partial charge in [0.05, 0.1) is 0 Å². The highest BCUT2D eigenvalue weighted by Gasteiger charge is 2.45. The molecule has 1 atom stereocenters. The number of hydrogen-bond acceptors (Lipinski definition) is 3. The predicted molar refractivity (Wildman–Crippen MR) is 116 cm³/mol.